The first-order chi connectivity index (χ1) is 9.69. The number of amides is 1. The fraction of sp³-hybridized carbons (Fsp3) is 0.533. The molecule has 1 aliphatic heterocycles. The maximum absolute atomic E-state index is 12.1. The number of halogens is 1. The second-order valence-electron chi connectivity index (χ2n) is 5.11. The van der Waals surface area contributed by atoms with Gasteiger partial charge in [0.05, 0.1) is 18.8 Å². The number of nitrogens with one attached hydrogen (secondary N) is 1. The molecule has 1 amide bonds. The maximum Gasteiger partial charge on any atom is 0.238 e. The third kappa shape index (κ3) is 5.53. The number of likely N-dealkylation sites (tertiary alicyclic amines) is 1. The lowest BCUT2D eigenvalue weighted by Crippen LogP contribution is -2.45. The number of carbonyl (C=O) groups is 1. The van der Waals surface area contributed by atoms with Crippen LogP contribution in [0, 0.1) is 0 Å². The van der Waals surface area contributed by atoms with E-state index >= 15 is 0 Å². The third-order valence-corrected chi connectivity index (χ3v) is 3.37. The van der Waals surface area contributed by atoms with Crippen molar-refractivity contribution in [3.63, 3.8) is 0 Å². The van der Waals surface area contributed by atoms with Crippen molar-refractivity contribution in [2.75, 3.05) is 31.6 Å². The van der Waals surface area contributed by atoms with E-state index in [0.29, 0.717) is 18.9 Å². The molecule has 0 saturated carbocycles. The van der Waals surface area contributed by atoms with Crippen LogP contribution in [0.3, 0.4) is 0 Å². The SMILES string of the molecule is CCOc1ccccc1NC(=O)CN1CCCC(N)C1.Cl. The molecule has 118 valence electrons. The van der Waals surface area contributed by atoms with Crippen LogP contribution in [0.5, 0.6) is 5.75 Å². The molecule has 0 spiro atoms. The highest BCUT2D eigenvalue weighted by molar-refractivity contribution is 5.93. The molecule has 1 atom stereocenters. The van der Waals surface area contributed by atoms with Crippen LogP contribution in [0.25, 0.3) is 0 Å². The molecule has 21 heavy (non-hydrogen) atoms. The second-order valence-corrected chi connectivity index (χ2v) is 5.11. The molecule has 1 saturated heterocycles. The van der Waals surface area contributed by atoms with Gasteiger partial charge in [0.1, 0.15) is 5.75 Å². The van der Waals surface area contributed by atoms with Gasteiger partial charge in [-0.3, -0.25) is 9.69 Å². The minimum atomic E-state index is -0.0220. The largest absolute Gasteiger partial charge is 0.492 e. The summed E-state index contributed by atoms with van der Waals surface area (Å²) in [6, 6.07) is 7.67. The standard InChI is InChI=1S/C15H23N3O2.ClH/c1-2-20-14-8-4-3-7-13(14)17-15(19)11-18-9-5-6-12(16)10-18;/h3-4,7-8,12H,2,5-6,9-11,16H2,1H3,(H,17,19);1H. The lowest BCUT2D eigenvalue weighted by atomic mass is 10.1. The molecule has 1 aromatic carbocycles. The Balaban J connectivity index is 0.00000220. The van der Waals surface area contributed by atoms with Crippen LogP contribution in [0.1, 0.15) is 19.8 Å². The monoisotopic (exact) mass is 313 g/mol. The zero-order valence-electron chi connectivity index (χ0n) is 12.4. The van der Waals surface area contributed by atoms with Crippen molar-refractivity contribution in [3.05, 3.63) is 24.3 Å². The summed E-state index contributed by atoms with van der Waals surface area (Å²) in [7, 11) is 0. The van der Waals surface area contributed by atoms with Gasteiger partial charge in [-0.1, -0.05) is 12.1 Å². The highest BCUT2D eigenvalue weighted by Crippen LogP contribution is 2.23. The molecule has 5 nitrogen and oxygen atoms in total. The second kappa shape index (κ2) is 8.87. The number of nitrogens with zero attached hydrogens (tertiary/aromatic N) is 1. The fourth-order valence-corrected chi connectivity index (χ4v) is 2.48. The van der Waals surface area contributed by atoms with Crippen molar-refractivity contribution in [1.82, 2.24) is 4.90 Å². The molecular formula is C15H24ClN3O2. The molecule has 1 aromatic rings. The summed E-state index contributed by atoms with van der Waals surface area (Å²) in [5.41, 5.74) is 6.65. The van der Waals surface area contributed by atoms with Gasteiger partial charge in [-0.25, -0.2) is 0 Å². The van der Waals surface area contributed by atoms with E-state index in [1.807, 2.05) is 31.2 Å². The molecule has 0 radical (unpaired) electrons. The van der Waals surface area contributed by atoms with Gasteiger partial charge in [-0.05, 0) is 38.4 Å². The molecule has 2 rings (SSSR count). The number of nitrogens with two attached hydrogens (primary N) is 1. The van der Waals surface area contributed by atoms with E-state index in [1.165, 1.54) is 0 Å². The van der Waals surface area contributed by atoms with Crippen LogP contribution in [0.2, 0.25) is 0 Å². The van der Waals surface area contributed by atoms with Crippen molar-refractivity contribution in [2.24, 2.45) is 5.73 Å². The van der Waals surface area contributed by atoms with Gasteiger partial charge in [-0.2, -0.15) is 0 Å². The number of benzene rings is 1. The van der Waals surface area contributed by atoms with Gasteiger partial charge in [0.25, 0.3) is 0 Å². The zero-order valence-corrected chi connectivity index (χ0v) is 13.2. The molecule has 0 bridgehead atoms. The molecule has 1 fully saturated rings. The lowest BCUT2D eigenvalue weighted by Gasteiger charge is -2.30. The van der Waals surface area contributed by atoms with Crippen LogP contribution < -0.4 is 15.8 Å². The number of carbonyl (C=O) groups excluding carboxylic acids is 1. The quantitative estimate of drug-likeness (QED) is 0.871. The van der Waals surface area contributed by atoms with Crippen molar-refractivity contribution in [3.8, 4) is 5.75 Å². The number of hydrogen-bond acceptors (Lipinski definition) is 4. The number of piperidine rings is 1. The summed E-state index contributed by atoms with van der Waals surface area (Å²) in [5.74, 6) is 0.685. The van der Waals surface area contributed by atoms with Crippen molar-refractivity contribution >= 4 is 24.0 Å². The maximum atomic E-state index is 12.1. The van der Waals surface area contributed by atoms with Crippen LogP contribution in [0.4, 0.5) is 5.69 Å². The molecule has 0 aromatic heterocycles. The molecule has 1 heterocycles. The van der Waals surface area contributed by atoms with Crippen LogP contribution in [-0.2, 0) is 4.79 Å². The first kappa shape index (κ1) is 17.8. The highest BCUT2D eigenvalue weighted by Gasteiger charge is 2.19. The molecular weight excluding hydrogens is 290 g/mol. The van der Waals surface area contributed by atoms with Crippen LogP contribution >= 0.6 is 12.4 Å². The number of ether oxygens (including phenoxy) is 1. The highest BCUT2D eigenvalue weighted by atomic mass is 35.5. The Morgan fingerprint density at radius 1 is 1.48 bits per heavy atom. The van der Waals surface area contributed by atoms with Gasteiger partial charge in [-0.15, -0.1) is 12.4 Å². The van der Waals surface area contributed by atoms with Gasteiger partial charge < -0.3 is 15.8 Å². The normalized spacial score (nSPS) is 18.7. The van der Waals surface area contributed by atoms with E-state index in [0.717, 1.165) is 31.6 Å². The Bertz CT molecular complexity index is 456. The molecule has 1 aliphatic rings. The van der Waals surface area contributed by atoms with E-state index in [2.05, 4.69) is 10.2 Å². The molecule has 0 aliphatic carbocycles. The molecule has 6 heteroatoms. The Morgan fingerprint density at radius 2 is 2.24 bits per heavy atom. The smallest absolute Gasteiger partial charge is 0.238 e. The van der Waals surface area contributed by atoms with Gasteiger partial charge in [0.2, 0.25) is 5.91 Å². The minimum absolute atomic E-state index is 0. The summed E-state index contributed by atoms with van der Waals surface area (Å²) < 4.78 is 5.50. The first-order valence-electron chi connectivity index (χ1n) is 7.18. The topological polar surface area (TPSA) is 67.6 Å². The number of anilines is 1. The van der Waals surface area contributed by atoms with Crippen LogP contribution in [-0.4, -0.2) is 43.1 Å². The summed E-state index contributed by atoms with van der Waals surface area (Å²) in [6.45, 7) is 4.62. The van der Waals surface area contributed by atoms with Gasteiger partial charge in [0.15, 0.2) is 0 Å². The van der Waals surface area contributed by atoms with Crippen molar-refractivity contribution < 1.29 is 9.53 Å². The Kier molecular flexibility index (Phi) is 7.50. The third-order valence-electron chi connectivity index (χ3n) is 3.37. The minimum Gasteiger partial charge on any atom is -0.492 e. The van der Waals surface area contributed by atoms with E-state index < -0.39 is 0 Å². The zero-order chi connectivity index (χ0) is 14.4. The van der Waals surface area contributed by atoms with E-state index in [4.69, 9.17) is 10.5 Å². The summed E-state index contributed by atoms with van der Waals surface area (Å²) in [4.78, 5) is 14.2. The van der Waals surface area contributed by atoms with Gasteiger partial charge >= 0.3 is 0 Å². The summed E-state index contributed by atoms with van der Waals surface area (Å²) in [5, 5.41) is 2.91. The average molecular weight is 314 g/mol. The Morgan fingerprint density at radius 3 is 2.95 bits per heavy atom. The van der Waals surface area contributed by atoms with E-state index in [1.54, 1.807) is 0 Å². The van der Waals surface area contributed by atoms with Crippen molar-refractivity contribution in [2.45, 2.75) is 25.8 Å². The summed E-state index contributed by atoms with van der Waals surface area (Å²) in [6.07, 6.45) is 2.11. The predicted molar refractivity (Wildman–Crippen MR) is 87.1 cm³/mol. The first-order valence-corrected chi connectivity index (χ1v) is 7.18. The number of hydrogen-bond donors (Lipinski definition) is 2. The van der Waals surface area contributed by atoms with E-state index in [9.17, 15) is 4.79 Å². The lowest BCUT2D eigenvalue weighted by molar-refractivity contribution is -0.117. The molecule has 1 unspecified atom stereocenters. The predicted octanol–water partition coefficient (Wildman–Crippen LogP) is 1.87. The van der Waals surface area contributed by atoms with Crippen molar-refractivity contribution in [1.29, 1.82) is 0 Å². The average Bonchev–Trinajstić information content (AvgIpc) is 2.41. The Labute approximate surface area is 132 Å². The molecule has 3 N–H and O–H groups in total. The van der Waals surface area contributed by atoms with Crippen LogP contribution in [0.15, 0.2) is 24.3 Å². The van der Waals surface area contributed by atoms with E-state index in [-0.39, 0.29) is 24.4 Å². The fourth-order valence-electron chi connectivity index (χ4n) is 2.48. The Hall–Kier alpha value is -1.30. The van der Waals surface area contributed by atoms with Gasteiger partial charge in [0, 0.05) is 12.6 Å². The number of rotatable bonds is 5. The number of para-hydroxylation sites is 2. The summed E-state index contributed by atoms with van der Waals surface area (Å²) >= 11 is 0.